The molecule has 1 aromatic carbocycles. The molecule has 2 aromatic rings. The summed E-state index contributed by atoms with van der Waals surface area (Å²) in [4.78, 5) is 30.4. The predicted molar refractivity (Wildman–Crippen MR) is 147 cm³/mol. The number of amides is 2. The number of morpholine rings is 1. The first-order chi connectivity index (χ1) is 19.0. The Balaban J connectivity index is 1.28. The number of nitriles is 1. The lowest BCUT2D eigenvalue weighted by atomic mass is 10.0. The number of rotatable bonds is 9. The third kappa shape index (κ3) is 5.13. The van der Waals surface area contributed by atoms with E-state index in [1.807, 2.05) is 0 Å². The van der Waals surface area contributed by atoms with E-state index >= 15 is 0 Å². The molecule has 0 atom stereocenters. The van der Waals surface area contributed by atoms with E-state index in [0.29, 0.717) is 75.5 Å². The van der Waals surface area contributed by atoms with Gasteiger partial charge >= 0.3 is 0 Å². The van der Waals surface area contributed by atoms with Gasteiger partial charge in [0.1, 0.15) is 5.69 Å². The summed E-state index contributed by atoms with van der Waals surface area (Å²) in [5, 5.41) is 16.2. The number of carbonyl (C=O) groups excluding carboxylic acids is 2. The number of nitrogens with one attached hydrogen (secondary N) is 1. The molecule has 1 saturated carbocycles. The van der Waals surface area contributed by atoms with Crippen LogP contribution in [0.2, 0.25) is 0 Å². The SMILES string of the molecule is Cn1nc(C(=O)NCc2ccc(C#N)cc2)c2c1C(=O)N(CC1(S(=O)(=O)C(C)(C)CN3CCOCC3)CC1)CC2. The largest absolute Gasteiger partial charge is 0.379 e. The van der Waals surface area contributed by atoms with Crippen LogP contribution in [-0.2, 0) is 34.6 Å². The van der Waals surface area contributed by atoms with Gasteiger partial charge in [-0.2, -0.15) is 10.4 Å². The van der Waals surface area contributed by atoms with Crippen LogP contribution in [-0.4, -0.2) is 95.2 Å². The van der Waals surface area contributed by atoms with Crippen molar-refractivity contribution in [1.82, 2.24) is 24.9 Å². The minimum Gasteiger partial charge on any atom is -0.379 e. The van der Waals surface area contributed by atoms with Crippen molar-refractivity contribution in [3.05, 3.63) is 52.3 Å². The maximum atomic E-state index is 13.9. The molecule has 1 N–H and O–H groups in total. The van der Waals surface area contributed by atoms with Crippen LogP contribution < -0.4 is 5.32 Å². The molecule has 2 amide bonds. The number of ether oxygens (including phenoxy) is 1. The van der Waals surface area contributed by atoms with Gasteiger partial charge in [0, 0.05) is 51.9 Å². The molecule has 1 aliphatic carbocycles. The summed E-state index contributed by atoms with van der Waals surface area (Å²) in [6, 6.07) is 8.99. The fraction of sp³-hybridized carbons (Fsp3) is 0.571. The van der Waals surface area contributed by atoms with Crippen LogP contribution in [0.5, 0.6) is 0 Å². The lowest BCUT2D eigenvalue weighted by Crippen LogP contribution is -2.55. The molecule has 11 nitrogen and oxygen atoms in total. The third-order valence-electron chi connectivity index (χ3n) is 8.31. The zero-order valence-electron chi connectivity index (χ0n) is 23.3. The molecule has 0 unspecified atom stereocenters. The second-order valence-electron chi connectivity index (χ2n) is 11.6. The molecule has 2 fully saturated rings. The molecule has 0 bridgehead atoms. The highest BCUT2D eigenvalue weighted by molar-refractivity contribution is 7.94. The van der Waals surface area contributed by atoms with Gasteiger partial charge in [-0.15, -0.1) is 0 Å². The Hall–Kier alpha value is -3.27. The summed E-state index contributed by atoms with van der Waals surface area (Å²) >= 11 is 0. The third-order valence-corrected chi connectivity index (χ3v) is 11.6. The van der Waals surface area contributed by atoms with E-state index in [9.17, 15) is 18.0 Å². The number of benzene rings is 1. The molecule has 1 saturated heterocycles. The highest BCUT2D eigenvalue weighted by atomic mass is 32.2. The van der Waals surface area contributed by atoms with E-state index < -0.39 is 19.3 Å². The van der Waals surface area contributed by atoms with Gasteiger partial charge in [0.2, 0.25) is 0 Å². The van der Waals surface area contributed by atoms with Crippen molar-refractivity contribution in [2.75, 3.05) is 45.9 Å². The van der Waals surface area contributed by atoms with Crippen LogP contribution in [0, 0.1) is 11.3 Å². The molecule has 214 valence electrons. The Kier molecular flexibility index (Phi) is 7.50. The molecule has 40 heavy (non-hydrogen) atoms. The molecular weight excluding hydrogens is 532 g/mol. The van der Waals surface area contributed by atoms with Gasteiger partial charge in [-0.05, 0) is 50.8 Å². The van der Waals surface area contributed by atoms with E-state index in [4.69, 9.17) is 10.00 Å². The zero-order valence-corrected chi connectivity index (χ0v) is 24.1. The molecule has 3 aliphatic rings. The highest BCUT2D eigenvalue weighted by Crippen LogP contribution is 2.49. The van der Waals surface area contributed by atoms with Crippen LogP contribution in [0.25, 0.3) is 0 Å². The molecule has 12 heteroatoms. The fourth-order valence-electron chi connectivity index (χ4n) is 5.83. The van der Waals surface area contributed by atoms with Crippen LogP contribution in [0.4, 0.5) is 0 Å². The van der Waals surface area contributed by atoms with Crippen molar-refractivity contribution >= 4 is 21.7 Å². The van der Waals surface area contributed by atoms with E-state index in [-0.39, 0.29) is 30.6 Å². The van der Waals surface area contributed by atoms with Crippen molar-refractivity contribution in [2.24, 2.45) is 7.05 Å². The van der Waals surface area contributed by atoms with Gasteiger partial charge in [0.25, 0.3) is 11.8 Å². The number of hydrogen-bond acceptors (Lipinski definition) is 8. The monoisotopic (exact) mass is 568 g/mol. The van der Waals surface area contributed by atoms with Gasteiger partial charge in [-0.1, -0.05) is 12.1 Å². The quantitative estimate of drug-likeness (QED) is 0.478. The Labute approximate surface area is 235 Å². The average Bonchev–Trinajstić information content (AvgIpc) is 3.65. The lowest BCUT2D eigenvalue weighted by molar-refractivity contribution is 0.0344. The summed E-state index contributed by atoms with van der Waals surface area (Å²) in [7, 11) is -1.93. The van der Waals surface area contributed by atoms with E-state index in [2.05, 4.69) is 21.4 Å². The normalized spacial score (nSPS) is 19.1. The Bertz CT molecular complexity index is 1450. The summed E-state index contributed by atoms with van der Waals surface area (Å²) in [6.07, 6.45) is 1.49. The Morgan fingerprint density at radius 2 is 1.85 bits per heavy atom. The van der Waals surface area contributed by atoms with Gasteiger partial charge in [0.05, 0.1) is 34.3 Å². The van der Waals surface area contributed by atoms with Crippen LogP contribution in [0.1, 0.15) is 64.4 Å². The van der Waals surface area contributed by atoms with E-state index in [1.165, 1.54) is 4.68 Å². The Morgan fingerprint density at radius 1 is 1.18 bits per heavy atom. The summed E-state index contributed by atoms with van der Waals surface area (Å²) in [5.41, 5.74) is 2.50. The molecule has 5 rings (SSSR count). The second-order valence-corrected chi connectivity index (χ2v) is 14.6. The molecular formula is C28H36N6O5S. The average molecular weight is 569 g/mol. The lowest BCUT2D eigenvalue weighted by Gasteiger charge is -2.38. The smallest absolute Gasteiger partial charge is 0.272 e. The molecule has 0 spiro atoms. The number of hydrogen-bond donors (Lipinski definition) is 1. The standard InChI is InChI=1S/C28H36N6O5S/c1-27(2,18-33-12-14-39-15-13-33)40(37,38)28(9-10-28)19-34-11-8-22-23(31-32(3)24(22)26(34)36)25(35)30-17-21-6-4-20(16-29)5-7-21/h4-7H,8-15,17-19H2,1-3H3,(H,30,35). The van der Waals surface area contributed by atoms with Gasteiger partial charge in [-0.3, -0.25) is 19.2 Å². The van der Waals surface area contributed by atoms with E-state index in [0.717, 1.165) is 5.56 Å². The van der Waals surface area contributed by atoms with Crippen molar-refractivity contribution in [3.8, 4) is 6.07 Å². The molecule has 1 aromatic heterocycles. The van der Waals surface area contributed by atoms with Crippen LogP contribution in [0.3, 0.4) is 0 Å². The number of nitrogens with zero attached hydrogens (tertiary/aromatic N) is 5. The maximum absolute atomic E-state index is 13.9. The first-order valence-electron chi connectivity index (χ1n) is 13.6. The zero-order chi connectivity index (χ0) is 28.7. The van der Waals surface area contributed by atoms with Gasteiger partial charge in [-0.25, -0.2) is 8.42 Å². The summed E-state index contributed by atoms with van der Waals surface area (Å²) < 4.78 is 32.8. The van der Waals surface area contributed by atoms with E-state index in [1.54, 1.807) is 50.1 Å². The highest BCUT2D eigenvalue weighted by Gasteiger charge is 2.61. The van der Waals surface area contributed by atoms with Crippen LogP contribution in [0.15, 0.2) is 24.3 Å². The van der Waals surface area contributed by atoms with Crippen molar-refractivity contribution in [3.63, 3.8) is 0 Å². The number of sulfone groups is 1. The summed E-state index contributed by atoms with van der Waals surface area (Å²) in [6.45, 7) is 7.37. The molecule has 0 radical (unpaired) electrons. The van der Waals surface area contributed by atoms with Crippen molar-refractivity contribution in [2.45, 2.75) is 49.1 Å². The van der Waals surface area contributed by atoms with Crippen LogP contribution >= 0.6 is 0 Å². The van der Waals surface area contributed by atoms with Gasteiger partial charge < -0.3 is 15.0 Å². The summed E-state index contributed by atoms with van der Waals surface area (Å²) in [5.74, 6) is -0.677. The van der Waals surface area contributed by atoms with Crippen molar-refractivity contribution in [1.29, 1.82) is 5.26 Å². The Morgan fingerprint density at radius 3 is 2.48 bits per heavy atom. The molecule has 2 aliphatic heterocycles. The second kappa shape index (κ2) is 10.6. The van der Waals surface area contributed by atoms with Gasteiger partial charge in [0.15, 0.2) is 15.5 Å². The molecule has 3 heterocycles. The minimum absolute atomic E-state index is 0.144. The topological polar surface area (TPSA) is 138 Å². The minimum atomic E-state index is -3.56. The first-order valence-corrected chi connectivity index (χ1v) is 15.1. The number of aryl methyl sites for hydroxylation is 1. The first kappa shape index (κ1) is 28.3. The number of carbonyl (C=O) groups is 2. The number of aromatic nitrogens is 2. The predicted octanol–water partition coefficient (Wildman–Crippen LogP) is 1.28. The number of fused-ring (bicyclic) bond motifs is 1. The maximum Gasteiger partial charge on any atom is 0.272 e. The van der Waals surface area contributed by atoms with Crippen molar-refractivity contribution < 1.29 is 22.7 Å². The fourth-order valence-corrected chi connectivity index (χ4v) is 8.32.